The van der Waals surface area contributed by atoms with Gasteiger partial charge in [0.25, 0.3) is 0 Å². The summed E-state index contributed by atoms with van der Waals surface area (Å²) in [4.78, 5) is 2.05. The molecular formula is C17H23FN2O. The fraction of sp³-hybridized carbons (Fsp3) is 0.412. The Morgan fingerprint density at radius 1 is 1.24 bits per heavy atom. The Hall–Kier alpha value is -1.65. The summed E-state index contributed by atoms with van der Waals surface area (Å²) in [6.07, 6.45) is 0.778. The van der Waals surface area contributed by atoms with Gasteiger partial charge in [-0.2, -0.15) is 0 Å². The highest BCUT2D eigenvalue weighted by atomic mass is 19.1. The summed E-state index contributed by atoms with van der Waals surface area (Å²) in [7, 11) is 1.95. The van der Waals surface area contributed by atoms with Gasteiger partial charge in [-0.25, -0.2) is 4.39 Å². The fourth-order valence-corrected chi connectivity index (χ4v) is 2.65. The van der Waals surface area contributed by atoms with Gasteiger partial charge in [0, 0.05) is 11.6 Å². The molecule has 4 heteroatoms. The summed E-state index contributed by atoms with van der Waals surface area (Å²) < 4.78 is 19.7. The Labute approximate surface area is 125 Å². The zero-order valence-electron chi connectivity index (χ0n) is 12.8. The number of likely N-dealkylation sites (N-methyl/N-ethyl adjacent to an activating group) is 1. The smallest absolute Gasteiger partial charge is 0.128 e. The van der Waals surface area contributed by atoms with Crippen molar-refractivity contribution in [2.75, 3.05) is 7.05 Å². The lowest BCUT2D eigenvalue weighted by Gasteiger charge is -2.32. The first-order valence-corrected chi connectivity index (χ1v) is 7.28. The molecule has 0 bridgehead atoms. The van der Waals surface area contributed by atoms with E-state index in [1.807, 2.05) is 44.0 Å². The molecule has 2 aromatic rings. The SMILES string of the molecule is CCC(N)C(c1ccccc1F)N(C)Cc1ccc(C)o1. The number of halogens is 1. The highest BCUT2D eigenvalue weighted by Crippen LogP contribution is 2.27. The number of benzene rings is 1. The number of nitrogens with zero attached hydrogens (tertiary/aromatic N) is 1. The van der Waals surface area contributed by atoms with E-state index < -0.39 is 0 Å². The number of hydrogen-bond acceptors (Lipinski definition) is 3. The highest BCUT2D eigenvalue weighted by Gasteiger charge is 2.26. The molecule has 0 radical (unpaired) electrons. The van der Waals surface area contributed by atoms with Gasteiger partial charge in [-0.3, -0.25) is 4.90 Å². The molecule has 0 aliphatic heterocycles. The van der Waals surface area contributed by atoms with Crippen LogP contribution in [0, 0.1) is 12.7 Å². The molecule has 0 saturated carbocycles. The largest absolute Gasteiger partial charge is 0.465 e. The van der Waals surface area contributed by atoms with Gasteiger partial charge < -0.3 is 10.2 Å². The molecule has 3 nitrogen and oxygen atoms in total. The van der Waals surface area contributed by atoms with Gasteiger partial charge in [0.2, 0.25) is 0 Å². The van der Waals surface area contributed by atoms with Crippen molar-refractivity contribution in [1.82, 2.24) is 4.90 Å². The first-order chi connectivity index (χ1) is 10.0. The standard InChI is InChI=1S/C17H23FN2O/c1-4-16(19)17(14-7-5-6-8-15(14)18)20(3)11-13-10-9-12(2)21-13/h5-10,16-17H,4,11,19H2,1-3H3. The summed E-state index contributed by atoms with van der Waals surface area (Å²) in [5, 5.41) is 0. The van der Waals surface area contributed by atoms with Crippen molar-refractivity contribution >= 4 is 0 Å². The third-order valence-electron chi connectivity index (χ3n) is 3.78. The molecule has 0 spiro atoms. The van der Waals surface area contributed by atoms with E-state index in [2.05, 4.69) is 0 Å². The summed E-state index contributed by atoms with van der Waals surface area (Å²) in [6, 6.07) is 10.4. The van der Waals surface area contributed by atoms with E-state index in [0.29, 0.717) is 12.1 Å². The van der Waals surface area contributed by atoms with Gasteiger partial charge in [-0.1, -0.05) is 25.1 Å². The predicted molar refractivity (Wildman–Crippen MR) is 82.3 cm³/mol. The Kier molecular flexibility index (Phi) is 5.15. The van der Waals surface area contributed by atoms with Crippen LogP contribution in [0.1, 0.15) is 36.5 Å². The predicted octanol–water partition coefficient (Wildman–Crippen LogP) is 3.64. The summed E-state index contributed by atoms with van der Waals surface area (Å²) in [5.74, 6) is 1.52. The van der Waals surface area contributed by atoms with Crippen LogP contribution < -0.4 is 5.73 Å². The minimum atomic E-state index is -0.214. The topological polar surface area (TPSA) is 42.4 Å². The maximum atomic E-state index is 14.1. The van der Waals surface area contributed by atoms with Crippen LogP contribution in [-0.4, -0.2) is 18.0 Å². The molecule has 0 aliphatic carbocycles. The van der Waals surface area contributed by atoms with E-state index in [1.165, 1.54) is 6.07 Å². The Bertz CT molecular complexity index is 582. The van der Waals surface area contributed by atoms with Crippen LogP contribution in [0.25, 0.3) is 0 Å². The van der Waals surface area contributed by atoms with Gasteiger partial charge in [-0.15, -0.1) is 0 Å². The van der Waals surface area contributed by atoms with Crippen LogP contribution in [0.2, 0.25) is 0 Å². The molecule has 1 heterocycles. The Balaban J connectivity index is 2.25. The Morgan fingerprint density at radius 3 is 2.52 bits per heavy atom. The number of rotatable bonds is 6. The maximum Gasteiger partial charge on any atom is 0.128 e. The molecule has 0 fully saturated rings. The third kappa shape index (κ3) is 3.71. The van der Waals surface area contributed by atoms with Gasteiger partial charge in [-0.05, 0) is 38.6 Å². The fourth-order valence-electron chi connectivity index (χ4n) is 2.65. The second-order valence-corrected chi connectivity index (χ2v) is 5.47. The maximum absolute atomic E-state index is 14.1. The highest BCUT2D eigenvalue weighted by molar-refractivity contribution is 5.23. The van der Waals surface area contributed by atoms with Crippen LogP contribution in [0.4, 0.5) is 4.39 Å². The van der Waals surface area contributed by atoms with Crippen molar-refractivity contribution in [2.24, 2.45) is 5.73 Å². The molecule has 2 atom stereocenters. The number of furan rings is 1. The number of hydrogen-bond donors (Lipinski definition) is 1. The molecule has 0 aliphatic rings. The molecule has 2 rings (SSSR count). The monoisotopic (exact) mass is 290 g/mol. The van der Waals surface area contributed by atoms with Crippen LogP contribution in [0.3, 0.4) is 0 Å². The van der Waals surface area contributed by atoms with E-state index in [9.17, 15) is 4.39 Å². The van der Waals surface area contributed by atoms with Crippen molar-refractivity contribution < 1.29 is 8.81 Å². The zero-order chi connectivity index (χ0) is 15.4. The average Bonchev–Trinajstić information content (AvgIpc) is 2.86. The lowest BCUT2D eigenvalue weighted by atomic mass is 9.96. The van der Waals surface area contributed by atoms with E-state index in [4.69, 9.17) is 10.2 Å². The molecule has 0 saturated heterocycles. The van der Waals surface area contributed by atoms with Crippen molar-refractivity contribution in [3.05, 3.63) is 59.3 Å². The first-order valence-electron chi connectivity index (χ1n) is 7.28. The zero-order valence-corrected chi connectivity index (χ0v) is 12.8. The van der Waals surface area contributed by atoms with E-state index >= 15 is 0 Å². The molecule has 1 aromatic heterocycles. The minimum absolute atomic E-state index is 0.136. The van der Waals surface area contributed by atoms with Crippen molar-refractivity contribution in [3.8, 4) is 0 Å². The molecule has 114 valence electrons. The number of aryl methyl sites for hydroxylation is 1. The van der Waals surface area contributed by atoms with Crippen molar-refractivity contribution in [2.45, 2.75) is 38.9 Å². The van der Waals surface area contributed by atoms with Gasteiger partial charge in [0.05, 0.1) is 12.6 Å². The normalized spacial score (nSPS) is 14.4. The van der Waals surface area contributed by atoms with E-state index in [-0.39, 0.29) is 17.9 Å². The van der Waals surface area contributed by atoms with Crippen LogP contribution in [-0.2, 0) is 6.54 Å². The second kappa shape index (κ2) is 6.87. The van der Waals surface area contributed by atoms with E-state index in [1.54, 1.807) is 12.1 Å². The van der Waals surface area contributed by atoms with Crippen molar-refractivity contribution in [1.29, 1.82) is 0 Å². The Morgan fingerprint density at radius 2 is 1.95 bits per heavy atom. The third-order valence-corrected chi connectivity index (χ3v) is 3.78. The molecule has 2 N–H and O–H groups in total. The van der Waals surface area contributed by atoms with Crippen LogP contribution >= 0.6 is 0 Å². The van der Waals surface area contributed by atoms with E-state index in [0.717, 1.165) is 17.9 Å². The van der Waals surface area contributed by atoms with Crippen LogP contribution in [0.15, 0.2) is 40.8 Å². The minimum Gasteiger partial charge on any atom is -0.465 e. The first kappa shape index (κ1) is 15.7. The summed E-state index contributed by atoms with van der Waals surface area (Å²) in [6.45, 7) is 4.53. The average molecular weight is 290 g/mol. The van der Waals surface area contributed by atoms with Gasteiger partial charge in [0.15, 0.2) is 0 Å². The lowest BCUT2D eigenvalue weighted by Crippen LogP contribution is -2.39. The number of nitrogens with two attached hydrogens (primary N) is 1. The summed E-state index contributed by atoms with van der Waals surface area (Å²) >= 11 is 0. The molecule has 0 amide bonds. The lowest BCUT2D eigenvalue weighted by molar-refractivity contribution is 0.183. The summed E-state index contributed by atoms with van der Waals surface area (Å²) in [5.41, 5.74) is 6.88. The molecule has 21 heavy (non-hydrogen) atoms. The van der Waals surface area contributed by atoms with Crippen molar-refractivity contribution in [3.63, 3.8) is 0 Å². The molecule has 2 unspecified atom stereocenters. The van der Waals surface area contributed by atoms with Crippen LogP contribution in [0.5, 0.6) is 0 Å². The van der Waals surface area contributed by atoms with Gasteiger partial charge in [0.1, 0.15) is 17.3 Å². The van der Waals surface area contributed by atoms with Gasteiger partial charge >= 0.3 is 0 Å². The quantitative estimate of drug-likeness (QED) is 0.883. The molecule has 1 aromatic carbocycles. The second-order valence-electron chi connectivity index (χ2n) is 5.47. The molecular weight excluding hydrogens is 267 g/mol.